The highest BCUT2D eigenvalue weighted by atomic mass is 35.5. The Kier molecular flexibility index (Phi) is 3.11. The van der Waals surface area contributed by atoms with Crippen LogP contribution in [0, 0.1) is 13.8 Å². The summed E-state index contributed by atoms with van der Waals surface area (Å²) in [4.78, 5) is 10.7. The molecule has 4 heteroatoms. The van der Waals surface area contributed by atoms with Gasteiger partial charge in [0.05, 0.1) is 6.42 Å². The van der Waals surface area contributed by atoms with Gasteiger partial charge in [0, 0.05) is 28.2 Å². The SMILES string of the molecule is Cc1c(C)n(CCC(=O)O)c2cc(Cl)ccc12. The summed E-state index contributed by atoms with van der Waals surface area (Å²) >= 11 is 5.99. The molecule has 0 unspecified atom stereocenters. The molecule has 2 aromatic rings. The number of benzene rings is 1. The molecule has 0 fully saturated rings. The molecule has 0 spiro atoms. The fourth-order valence-electron chi connectivity index (χ4n) is 2.12. The first-order valence-electron chi connectivity index (χ1n) is 5.47. The van der Waals surface area contributed by atoms with E-state index in [1.807, 2.05) is 36.6 Å². The molecule has 0 aliphatic heterocycles. The lowest BCUT2D eigenvalue weighted by atomic mass is 10.2. The summed E-state index contributed by atoms with van der Waals surface area (Å²) in [7, 11) is 0. The molecule has 0 aliphatic carbocycles. The largest absolute Gasteiger partial charge is 0.481 e. The third kappa shape index (κ3) is 2.15. The first-order valence-corrected chi connectivity index (χ1v) is 5.85. The van der Waals surface area contributed by atoms with E-state index in [2.05, 4.69) is 0 Å². The molecular weight excluding hydrogens is 238 g/mol. The average Bonchev–Trinajstić information content (AvgIpc) is 2.49. The third-order valence-corrected chi connectivity index (χ3v) is 3.39. The summed E-state index contributed by atoms with van der Waals surface area (Å²) in [6, 6.07) is 5.73. The molecule has 1 heterocycles. The lowest BCUT2D eigenvalue weighted by Crippen LogP contribution is -2.05. The highest BCUT2D eigenvalue weighted by molar-refractivity contribution is 6.31. The minimum atomic E-state index is -0.786. The lowest BCUT2D eigenvalue weighted by molar-refractivity contribution is -0.137. The van der Waals surface area contributed by atoms with Gasteiger partial charge in [0.1, 0.15) is 0 Å². The molecule has 0 saturated carbocycles. The number of hydrogen-bond acceptors (Lipinski definition) is 1. The zero-order valence-corrected chi connectivity index (χ0v) is 10.6. The van der Waals surface area contributed by atoms with E-state index in [0.29, 0.717) is 11.6 Å². The van der Waals surface area contributed by atoms with Crippen molar-refractivity contribution in [2.45, 2.75) is 26.8 Å². The van der Waals surface area contributed by atoms with Gasteiger partial charge >= 0.3 is 5.97 Å². The van der Waals surface area contributed by atoms with E-state index in [4.69, 9.17) is 16.7 Å². The van der Waals surface area contributed by atoms with Crippen molar-refractivity contribution in [2.24, 2.45) is 0 Å². The molecule has 0 radical (unpaired) electrons. The van der Waals surface area contributed by atoms with E-state index in [0.717, 1.165) is 16.6 Å². The minimum Gasteiger partial charge on any atom is -0.481 e. The Morgan fingerprint density at radius 2 is 2.12 bits per heavy atom. The van der Waals surface area contributed by atoms with E-state index in [9.17, 15) is 4.79 Å². The summed E-state index contributed by atoms with van der Waals surface area (Å²) in [5.41, 5.74) is 3.29. The fourth-order valence-corrected chi connectivity index (χ4v) is 2.29. The van der Waals surface area contributed by atoms with Crippen molar-refractivity contribution >= 4 is 28.5 Å². The molecule has 17 heavy (non-hydrogen) atoms. The standard InChI is InChI=1S/C13H14ClNO2/c1-8-9(2)15(6-5-13(16)17)12-7-10(14)3-4-11(8)12/h3-4,7H,5-6H2,1-2H3,(H,16,17). The Morgan fingerprint density at radius 1 is 1.41 bits per heavy atom. The van der Waals surface area contributed by atoms with E-state index in [1.165, 1.54) is 5.56 Å². The third-order valence-electron chi connectivity index (χ3n) is 3.15. The van der Waals surface area contributed by atoms with E-state index in [-0.39, 0.29) is 6.42 Å². The number of fused-ring (bicyclic) bond motifs is 1. The maximum Gasteiger partial charge on any atom is 0.305 e. The number of carboxylic acid groups (broad SMARTS) is 1. The summed E-state index contributed by atoms with van der Waals surface area (Å²) < 4.78 is 2.02. The normalized spacial score (nSPS) is 11.0. The Labute approximate surface area is 105 Å². The monoisotopic (exact) mass is 251 g/mol. The molecule has 1 N–H and O–H groups in total. The number of carboxylic acids is 1. The predicted octanol–water partition coefficient (Wildman–Crippen LogP) is 3.39. The highest BCUT2D eigenvalue weighted by Crippen LogP contribution is 2.27. The van der Waals surface area contributed by atoms with Gasteiger partial charge in [0.15, 0.2) is 0 Å². The minimum absolute atomic E-state index is 0.122. The van der Waals surface area contributed by atoms with Crippen molar-refractivity contribution in [2.75, 3.05) is 0 Å². The van der Waals surface area contributed by atoms with Crippen molar-refractivity contribution < 1.29 is 9.90 Å². The van der Waals surface area contributed by atoms with Crippen molar-refractivity contribution in [1.82, 2.24) is 4.57 Å². The number of nitrogens with zero attached hydrogens (tertiary/aromatic N) is 1. The van der Waals surface area contributed by atoms with Crippen LogP contribution in [0.3, 0.4) is 0 Å². The molecule has 0 saturated heterocycles. The van der Waals surface area contributed by atoms with Gasteiger partial charge in [-0.3, -0.25) is 4.79 Å². The number of aliphatic carboxylic acids is 1. The van der Waals surface area contributed by atoms with Crippen LogP contribution in [-0.2, 0) is 11.3 Å². The van der Waals surface area contributed by atoms with Gasteiger partial charge in [-0.1, -0.05) is 17.7 Å². The van der Waals surface area contributed by atoms with Gasteiger partial charge in [-0.2, -0.15) is 0 Å². The number of hydrogen-bond donors (Lipinski definition) is 1. The topological polar surface area (TPSA) is 42.2 Å². The Hall–Kier alpha value is -1.48. The number of aromatic nitrogens is 1. The molecule has 0 bridgehead atoms. The van der Waals surface area contributed by atoms with Gasteiger partial charge in [-0.05, 0) is 31.5 Å². The maximum atomic E-state index is 10.7. The van der Waals surface area contributed by atoms with Gasteiger partial charge in [-0.25, -0.2) is 0 Å². The zero-order chi connectivity index (χ0) is 12.6. The van der Waals surface area contributed by atoms with Crippen LogP contribution in [0.2, 0.25) is 5.02 Å². The van der Waals surface area contributed by atoms with Crippen LogP contribution < -0.4 is 0 Å². The molecule has 90 valence electrons. The van der Waals surface area contributed by atoms with Crippen LogP contribution in [0.4, 0.5) is 0 Å². The van der Waals surface area contributed by atoms with E-state index >= 15 is 0 Å². The Morgan fingerprint density at radius 3 is 2.76 bits per heavy atom. The summed E-state index contributed by atoms with van der Waals surface area (Å²) in [5.74, 6) is -0.786. The zero-order valence-electron chi connectivity index (χ0n) is 9.83. The van der Waals surface area contributed by atoms with Crippen molar-refractivity contribution in [3.8, 4) is 0 Å². The van der Waals surface area contributed by atoms with Crippen LogP contribution in [0.1, 0.15) is 17.7 Å². The fraction of sp³-hybridized carbons (Fsp3) is 0.308. The second-order valence-corrected chi connectivity index (χ2v) is 4.60. The Balaban J connectivity index is 2.56. The van der Waals surface area contributed by atoms with Crippen molar-refractivity contribution in [3.05, 3.63) is 34.5 Å². The molecule has 0 atom stereocenters. The first kappa shape index (κ1) is 12.0. The van der Waals surface area contributed by atoms with Gasteiger partial charge in [0.25, 0.3) is 0 Å². The summed E-state index contributed by atoms with van der Waals surface area (Å²) in [6.07, 6.45) is 0.122. The second-order valence-electron chi connectivity index (χ2n) is 4.17. The van der Waals surface area contributed by atoms with Crippen LogP contribution in [-0.4, -0.2) is 15.6 Å². The second kappa shape index (κ2) is 4.41. The van der Waals surface area contributed by atoms with Crippen molar-refractivity contribution in [1.29, 1.82) is 0 Å². The highest BCUT2D eigenvalue weighted by Gasteiger charge is 2.11. The molecular formula is C13H14ClNO2. The van der Waals surface area contributed by atoms with E-state index in [1.54, 1.807) is 0 Å². The number of rotatable bonds is 3. The summed E-state index contributed by atoms with van der Waals surface area (Å²) in [6.45, 7) is 4.53. The summed E-state index contributed by atoms with van der Waals surface area (Å²) in [5, 5.41) is 10.6. The smallest absolute Gasteiger partial charge is 0.305 e. The van der Waals surface area contributed by atoms with Crippen LogP contribution in [0.5, 0.6) is 0 Å². The van der Waals surface area contributed by atoms with E-state index < -0.39 is 5.97 Å². The molecule has 3 nitrogen and oxygen atoms in total. The van der Waals surface area contributed by atoms with Gasteiger partial charge in [0.2, 0.25) is 0 Å². The molecule has 0 aliphatic rings. The predicted molar refractivity (Wildman–Crippen MR) is 68.7 cm³/mol. The maximum absolute atomic E-state index is 10.7. The quantitative estimate of drug-likeness (QED) is 0.909. The number of halogens is 1. The van der Waals surface area contributed by atoms with Crippen LogP contribution >= 0.6 is 11.6 Å². The molecule has 1 aromatic heterocycles. The lowest BCUT2D eigenvalue weighted by Gasteiger charge is -2.06. The van der Waals surface area contributed by atoms with Gasteiger partial charge < -0.3 is 9.67 Å². The average molecular weight is 252 g/mol. The van der Waals surface area contributed by atoms with Crippen molar-refractivity contribution in [3.63, 3.8) is 0 Å². The number of carbonyl (C=O) groups is 1. The molecule has 1 aromatic carbocycles. The Bertz CT molecular complexity index is 587. The van der Waals surface area contributed by atoms with Crippen LogP contribution in [0.25, 0.3) is 10.9 Å². The molecule has 0 amide bonds. The van der Waals surface area contributed by atoms with Gasteiger partial charge in [-0.15, -0.1) is 0 Å². The first-order chi connectivity index (χ1) is 8.00. The van der Waals surface area contributed by atoms with Crippen LogP contribution in [0.15, 0.2) is 18.2 Å². The number of aryl methyl sites for hydroxylation is 2. The molecule has 2 rings (SSSR count).